The summed E-state index contributed by atoms with van der Waals surface area (Å²) in [5.41, 5.74) is 0.955. The number of hydrogen-bond donors (Lipinski definition) is 1. The minimum absolute atomic E-state index is 0.0997. The zero-order valence-corrected chi connectivity index (χ0v) is 12.2. The van der Waals surface area contributed by atoms with Crippen molar-refractivity contribution in [1.29, 1.82) is 0 Å². The Labute approximate surface area is 147 Å². The minimum atomic E-state index is -3.05. The van der Waals surface area contributed by atoms with Gasteiger partial charge in [-0.25, -0.2) is 0 Å². The normalized spacial score (nSPS) is 35.2. The zero-order chi connectivity index (χ0) is 24.3. The van der Waals surface area contributed by atoms with E-state index in [1.807, 2.05) is 0 Å². The lowest BCUT2D eigenvalue weighted by Gasteiger charge is -2.31. The van der Waals surface area contributed by atoms with Crippen LogP contribution in [0.3, 0.4) is 0 Å². The summed E-state index contributed by atoms with van der Waals surface area (Å²) in [4.78, 5) is 1.84. The Bertz CT molecular complexity index is 1010. The van der Waals surface area contributed by atoms with Crippen molar-refractivity contribution in [2.45, 2.75) is 23.6 Å². The summed E-state index contributed by atoms with van der Waals surface area (Å²) in [5, 5.41) is -0.123. The molecule has 1 N–H and O–H groups in total. The van der Waals surface area contributed by atoms with Crippen molar-refractivity contribution in [3.8, 4) is 0 Å². The second-order valence-electron chi connectivity index (χ2n) is 4.51. The molecule has 0 aromatic heterocycles. The number of nitrogens with zero attached hydrogens (tertiary/aromatic N) is 1. The molecule has 1 unspecified atom stereocenters. The number of hydrogen-bond acceptors (Lipinski definition) is 3. The number of benzene rings is 2. The number of piperazine rings is 1. The Morgan fingerprint density at radius 3 is 3.00 bits per heavy atom. The Kier molecular flexibility index (Phi) is 1.98. The van der Waals surface area contributed by atoms with E-state index >= 15 is 0 Å². The fourth-order valence-corrected chi connectivity index (χ4v) is 3.00. The van der Waals surface area contributed by atoms with Crippen LogP contribution in [0.1, 0.15) is 24.8 Å². The molecular weight excluding hydrogens is 276 g/mol. The molecule has 21 heavy (non-hydrogen) atoms. The predicted octanol–water partition coefficient (Wildman–Crippen LogP) is 3.86. The summed E-state index contributed by atoms with van der Waals surface area (Å²) in [5.74, 6) is 0. The highest BCUT2D eigenvalue weighted by Gasteiger charge is 2.14. The minimum Gasteiger partial charge on any atom is -0.368 e. The Morgan fingerprint density at radius 2 is 2.14 bits per heavy atom. The van der Waals surface area contributed by atoms with Crippen molar-refractivity contribution in [3.05, 3.63) is 53.6 Å². The van der Waals surface area contributed by atoms with E-state index in [4.69, 9.17) is 15.1 Å². The summed E-state index contributed by atoms with van der Waals surface area (Å²) in [7, 11) is 0. The molecule has 0 saturated carbocycles. The summed E-state index contributed by atoms with van der Waals surface area (Å²) in [6, 6.07) is 11.0. The van der Waals surface area contributed by atoms with E-state index in [9.17, 15) is 0 Å². The summed E-state index contributed by atoms with van der Waals surface area (Å²) in [6.07, 6.45) is 0. The zero-order valence-electron chi connectivity index (χ0n) is 22.4. The van der Waals surface area contributed by atoms with Gasteiger partial charge in [-0.2, -0.15) is 0 Å². The molecule has 2 aromatic rings. The van der Waals surface area contributed by atoms with Gasteiger partial charge in [-0.15, -0.1) is 0 Å². The van der Waals surface area contributed by atoms with Crippen molar-refractivity contribution >= 4 is 17.4 Å². The lowest BCUT2D eigenvalue weighted by molar-refractivity contribution is 0.587. The first-order chi connectivity index (χ1) is 14.5. The van der Waals surface area contributed by atoms with Crippen LogP contribution in [-0.2, 0) is 0 Å². The van der Waals surface area contributed by atoms with Gasteiger partial charge >= 0.3 is 0 Å². The average Bonchev–Trinajstić information content (AvgIpc) is 2.68. The monoisotopic (exact) mass is 309 g/mol. The standard InChI is InChI=1S/C18H22N2S/c1-14-7-8-17(15(2)13-14)21-18-6-4-3-5-16(18)20-11-9-19-10-12-20/h3-8,13,19H,9-12H2,1-2H3/i1D3,9D2,10D2,11D,12D2/hD. The molecule has 3 heteroatoms. The Morgan fingerprint density at radius 1 is 1.24 bits per heavy atom. The third-order valence-electron chi connectivity index (χ3n) is 3.00. The van der Waals surface area contributed by atoms with Crippen molar-refractivity contribution in [3.63, 3.8) is 0 Å². The number of para-hydroxylation sites is 1. The lowest BCUT2D eigenvalue weighted by Crippen LogP contribution is -2.43. The van der Waals surface area contributed by atoms with Crippen molar-refractivity contribution in [2.75, 3.05) is 30.9 Å². The van der Waals surface area contributed by atoms with E-state index in [-0.39, 0.29) is 16.6 Å². The molecule has 1 heterocycles. The molecule has 0 amide bonds. The SMILES string of the molecule is [2H]C1N(c2ccccc2Sc2ccc(C([2H])([2H])[2H])cc2C)C([2H])([2H])C([2H])([2H])N([2H])C1([2H])[2H]. The van der Waals surface area contributed by atoms with Gasteiger partial charge in [0.2, 0.25) is 0 Å². The molecule has 0 radical (unpaired) electrons. The van der Waals surface area contributed by atoms with Crippen LogP contribution in [0.4, 0.5) is 5.69 Å². The largest absolute Gasteiger partial charge is 0.368 e. The maximum absolute atomic E-state index is 8.37. The van der Waals surface area contributed by atoms with Crippen LogP contribution in [0.15, 0.2) is 52.3 Å². The van der Waals surface area contributed by atoms with Crippen LogP contribution in [0, 0.1) is 13.8 Å². The maximum Gasteiger partial charge on any atom is 0.122 e. The molecule has 1 aliphatic rings. The molecule has 2 aromatic carbocycles. The molecule has 0 aliphatic carbocycles. The third kappa shape index (κ3) is 3.42. The molecule has 1 atom stereocenters. The first-order valence-electron chi connectivity index (χ1n) is 11.9. The van der Waals surface area contributed by atoms with Gasteiger partial charge < -0.3 is 10.2 Å². The van der Waals surface area contributed by atoms with Crippen molar-refractivity contribution in [1.82, 2.24) is 5.31 Å². The quantitative estimate of drug-likeness (QED) is 0.927. The van der Waals surface area contributed by atoms with Gasteiger partial charge in [0, 0.05) is 45.4 Å². The fraction of sp³-hybridized carbons (Fsp3) is 0.333. The van der Waals surface area contributed by atoms with Gasteiger partial charge in [0.05, 0.1) is 9.80 Å². The van der Waals surface area contributed by atoms with Crippen LogP contribution < -0.4 is 10.2 Å². The Balaban J connectivity index is 2.08. The van der Waals surface area contributed by atoms with Crippen LogP contribution in [0.2, 0.25) is 1.41 Å². The topological polar surface area (TPSA) is 15.3 Å². The highest BCUT2D eigenvalue weighted by atomic mass is 32.2. The Hall–Kier alpha value is -1.45. The van der Waals surface area contributed by atoms with Crippen LogP contribution in [-0.4, -0.2) is 26.0 Å². The summed E-state index contributed by atoms with van der Waals surface area (Å²) >= 11 is 1.18. The second kappa shape index (κ2) is 6.54. The first-order valence-corrected chi connectivity index (χ1v) is 7.23. The lowest BCUT2D eigenvalue weighted by atomic mass is 10.2. The van der Waals surface area contributed by atoms with E-state index in [0.29, 0.717) is 15.4 Å². The highest BCUT2D eigenvalue weighted by molar-refractivity contribution is 7.99. The van der Waals surface area contributed by atoms with Gasteiger partial charge in [-0.05, 0) is 37.5 Å². The van der Waals surface area contributed by atoms with Crippen LogP contribution in [0.25, 0.3) is 0 Å². The molecule has 0 spiro atoms. The van der Waals surface area contributed by atoms with Crippen LogP contribution in [0.5, 0.6) is 0 Å². The molecule has 110 valence electrons. The highest BCUT2D eigenvalue weighted by Crippen LogP contribution is 2.37. The molecular formula is C18H22N2S. The summed E-state index contributed by atoms with van der Waals surface area (Å²) in [6.45, 7) is -11.2. The van der Waals surface area contributed by atoms with Gasteiger partial charge in [-0.1, -0.05) is 41.6 Å². The molecule has 1 aliphatic heterocycles. The van der Waals surface area contributed by atoms with Gasteiger partial charge in [-0.3, -0.25) is 0 Å². The van der Waals surface area contributed by atoms with E-state index in [0.717, 1.165) is 4.90 Å². The van der Waals surface area contributed by atoms with Crippen molar-refractivity contribution < 1.29 is 15.1 Å². The predicted molar refractivity (Wildman–Crippen MR) is 91.6 cm³/mol. The molecule has 0 bridgehead atoms. The van der Waals surface area contributed by atoms with Gasteiger partial charge in [0.1, 0.15) is 1.41 Å². The van der Waals surface area contributed by atoms with E-state index in [1.54, 1.807) is 37.3 Å². The number of aryl methyl sites for hydroxylation is 2. The summed E-state index contributed by atoms with van der Waals surface area (Å²) < 4.78 is 87.8. The third-order valence-corrected chi connectivity index (χ3v) is 4.24. The van der Waals surface area contributed by atoms with Gasteiger partial charge in [0.15, 0.2) is 0 Å². The molecule has 3 rings (SSSR count). The van der Waals surface area contributed by atoms with Crippen LogP contribution >= 0.6 is 11.8 Å². The molecule has 2 nitrogen and oxygen atoms in total. The second-order valence-corrected chi connectivity index (χ2v) is 5.60. The van der Waals surface area contributed by atoms with E-state index in [1.165, 1.54) is 23.9 Å². The molecule has 1 saturated heterocycles. The maximum atomic E-state index is 8.37. The van der Waals surface area contributed by atoms with E-state index < -0.39 is 32.9 Å². The van der Waals surface area contributed by atoms with E-state index in [2.05, 4.69) is 0 Å². The number of nitrogens with one attached hydrogen (secondary N) is 1. The number of anilines is 1. The smallest absolute Gasteiger partial charge is 0.122 e. The van der Waals surface area contributed by atoms with Gasteiger partial charge in [0.25, 0.3) is 0 Å². The van der Waals surface area contributed by atoms with Crippen molar-refractivity contribution in [2.24, 2.45) is 0 Å². The number of rotatable bonds is 3. The fourth-order valence-electron chi connectivity index (χ4n) is 1.98. The molecule has 1 fully saturated rings. The first kappa shape index (κ1) is 6.35. The average molecular weight is 310 g/mol.